The second-order valence-corrected chi connectivity index (χ2v) is 9.96. The Labute approximate surface area is 224 Å². The van der Waals surface area contributed by atoms with Gasteiger partial charge in [-0.15, -0.1) is 0 Å². The molecule has 0 spiro atoms. The lowest BCUT2D eigenvalue weighted by Gasteiger charge is -2.32. The van der Waals surface area contributed by atoms with Gasteiger partial charge in [0.25, 0.3) is 0 Å². The molecule has 2 aromatic carbocycles. The summed E-state index contributed by atoms with van der Waals surface area (Å²) in [6, 6.07) is 15.1. The molecule has 0 bridgehead atoms. The number of esters is 1. The van der Waals surface area contributed by atoms with Crippen LogP contribution in [0.2, 0.25) is 5.02 Å². The molecule has 192 valence electrons. The van der Waals surface area contributed by atoms with Crippen LogP contribution >= 0.6 is 23.4 Å². The summed E-state index contributed by atoms with van der Waals surface area (Å²) in [4.78, 5) is 40.5. The molecule has 1 N–H and O–H groups in total. The third kappa shape index (κ3) is 5.60. The van der Waals surface area contributed by atoms with E-state index >= 15 is 0 Å². The predicted octanol–water partition coefficient (Wildman–Crippen LogP) is 3.79. The minimum atomic E-state index is -1.28. The number of nitrogens with one attached hydrogen (secondary N) is 1. The SMILES string of the molecule is CCOc1ccc([C@@H]2C(C#N)=C(SCC(=O)N3CCc4ccccc4C3)NC(=O)[C@H]2C(=O)OC)cc1Cl. The van der Waals surface area contributed by atoms with Crippen molar-refractivity contribution in [3.8, 4) is 11.8 Å². The van der Waals surface area contributed by atoms with E-state index in [1.54, 1.807) is 23.1 Å². The molecule has 2 aliphatic heterocycles. The summed E-state index contributed by atoms with van der Waals surface area (Å²) < 4.78 is 10.4. The molecule has 37 heavy (non-hydrogen) atoms. The highest BCUT2D eigenvalue weighted by atomic mass is 35.5. The van der Waals surface area contributed by atoms with E-state index in [1.165, 1.54) is 12.7 Å². The topological polar surface area (TPSA) is 109 Å². The first kappa shape index (κ1) is 26.6. The number of carbonyl (C=O) groups excluding carboxylic acids is 3. The number of rotatable bonds is 7. The predicted molar refractivity (Wildman–Crippen MR) is 140 cm³/mol. The van der Waals surface area contributed by atoms with E-state index < -0.39 is 23.7 Å². The Morgan fingerprint density at radius 1 is 1.24 bits per heavy atom. The zero-order valence-electron chi connectivity index (χ0n) is 20.5. The van der Waals surface area contributed by atoms with Gasteiger partial charge in [-0.05, 0) is 42.2 Å². The zero-order chi connectivity index (χ0) is 26.5. The van der Waals surface area contributed by atoms with Gasteiger partial charge in [0.2, 0.25) is 11.8 Å². The summed E-state index contributed by atoms with van der Waals surface area (Å²) in [7, 11) is 1.19. The maximum Gasteiger partial charge on any atom is 0.319 e. The quantitative estimate of drug-likeness (QED) is 0.421. The van der Waals surface area contributed by atoms with Crippen molar-refractivity contribution in [3.05, 3.63) is 74.8 Å². The number of hydrogen-bond donors (Lipinski definition) is 1. The minimum absolute atomic E-state index is 0.0304. The number of carbonyl (C=O) groups is 3. The third-order valence-corrected chi connectivity index (χ3v) is 7.72. The number of thioether (sulfide) groups is 1. The average molecular weight is 540 g/mol. The number of ether oxygens (including phenoxy) is 2. The van der Waals surface area contributed by atoms with Crippen molar-refractivity contribution < 1.29 is 23.9 Å². The Balaban J connectivity index is 1.61. The van der Waals surface area contributed by atoms with Crippen LogP contribution in [0.25, 0.3) is 0 Å². The standard InChI is InChI=1S/C27H26ClN3O5S/c1-3-36-21-9-8-17(12-20(21)28)23-19(13-29)26(30-25(33)24(23)27(34)35-2)37-15-22(32)31-11-10-16-6-4-5-7-18(16)14-31/h4-9,12,23-24H,3,10-11,14-15H2,1-2H3,(H,30,33)/t23-,24+/m1/s1. The highest BCUT2D eigenvalue weighted by molar-refractivity contribution is 8.03. The Kier molecular flexibility index (Phi) is 8.41. The summed E-state index contributed by atoms with van der Waals surface area (Å²) in [5, 5.41) is 13.3. The Morgan fingerprint density at radius 2 is 2.00 bits per heavy atom. The smallest absolute Gasteiger partial charge is 0.319 e. The molecule has 0 aromatic heterocycles. The van der Waals surface area contributed by atoms with E-state index in [0.717, 1.165) is 23.7 Å². The van der Waals surface area contributed by atoms with Crippen LogP contribution in [0.3, 0.4) is 0 Å². The fourth-order valence-electron chi connectivity index (χ4n) is 4.60. The first-order valence-electron chi connectivity index (χ1n) is 11.8. The third-order valence-electron chi connectivity index (χ3n) is 6.42. The van der Waals surface area contributed by atoms with E-state index in [4.69, 9.17) is 21.1 Å². The number of allylic oxidation sites excluding steroid dienone is 1. The van der Waals surface area contributed by atoms with Crippen LogP contribution in [0.1, 0.15) is 29.5 Å². The normalized spacial score (nSPS) is 19.0. The first-order valence-corrected chi connectivity index (χ1v) is 13.2. The van der Waals surface area contributed by atoms with Crippen LogP contribution in [0, 0.1) is 17.2 Å². The van der Waals surface area contributed by atoms with Crippen molar-refractivity contribution >= 4 is 41.1 Å². The maximum absolute atomic E-state index is 13.1. The van der Waals surface area contributed by atoms with Gasteiger partial charge < -0.3 is 19.7 Å². The minimum Gasteiger partial charge on any atom is -0.492 e. The summed E-state index contributed by atoms with van der Waals surface area (Å²) in [6.45, 7) is 3.36. The molecular weight excluding hydrogens is 514 g/mol. The molecular formula is C27H26ClN3O5S. The fourth-order valence-corrected chi connectivity index (χ4v) is 5.79. The van der Waals surface area contributed by atoms with Gasteiger partial charge >= 0.3 is 5.97 Å². The van der Waals surface area contributed by atoms with Gasteiger partial charge in [0.15, 0.2) is 0 Å². The Morgan fingerprint density at radius 3 is 2.68 bits per heavy atom. The number of amides is 2. The fraction of sp³-hybridized carbons (Fsp3) is 0.333. The molecule has 2 aliphatic rings. The largest absolute Gasteiger partial charge is 0.492 e. The van der Waals surface area contributed by atoms with Crippen molar-refractivity contribution in [2.75, 3.05) is 26.0 Å². The van der Waals surface area contributed by atoms with Gasteiger partial charge in [-0.3, -0.25) is 14.4 Å². The van der Waals surface area contributed by atoms with Crippen LogP contribution in [0.15, 0.2) is 53.1 Å². The summed E-state index contributed by atoms with van der Waals surface area (Å²) in [5.74, 6) is -3.22. The van der Waals surface area contributed by atoms with Gasteiger partial charge in [0.1, 0.15) is 11.7 Å². The van der Waals surface area contributed by atoms with Crippen LogP contribution in [0.5, 0.6) is 5.75 Å². The molecule has 0 saturated carbocycles. The van der Waals surface area contributed by atoms with E-state index in [0.29, 0.717) is 36.0 Å². The molecule has 2 atom stereocenters. The van der Waals surface area contributed by atoms with Gasteiger partial charge in [-0.1, -0.05) is 53.7 Å². The first-order chi connectivity index (χ1) is 17.9. The Hall–Kier alpha value is -3.48. The molecule has 2 aromatic rings. The summed E-state index contributed by atoms with van der Waals surface area (Å²) >= 11 is 7.46. The van der Waals surface area contributed by atoms with Gasteiger partial charge in [0, 0.05) is 19.0 Å². The van der Waals surface area contributed by atoms with Gasteiger partial charge in [-0.25, -0.2) is 0 Å². The van der Waals surface area contributed by atoms with Crippen molar-refractivity contribution in [1.82, 2.24) is 10.2 Å². The molecule has 0 saturated heterocycles. The van der Waals surface area contributed by atoms with Crippen molar-refractivity contribution in [2.45, 2.75) is 25.8 Å². The van der Waals surface area contributed by atoms with Crippen LogP contribution in [-0.2, 0) is 32.1 Å². The second kappa shape index (κ2) is 11.7. The summed E-state index contributed by atoms with van der Waals surface area (Å²) in [6.07, 6.45) is 0.775. The number of fused-ring (bicyclic) bond motifs is 1. The number of methoxy groups -OCH3 is 1. The molecule has 2 heterocycles. The molecule has 2 amide bonds. The lowest BCUT2D eigenvalue weighted by atomic mass is 9.78. The van der Waals surface area contributed by atoms with Crippen LogP contribution in [0.4, 0.5) is 0 Å². The molecule has 0 unspecified atom stereocenters. The lowest BCUT2D eigenvalue weighted by molar-refractivity contribution is -0.150. The zero-order valence-corrected chi connectivity index (χ0v) is 22.0. The van der Waals surface area contributed by atoms with E-state index in [2.05, 4.69) is 17.5 Å². The molecule has 0 aliphatic carbocycles. The van der Waals surface area contributed by atoms with Gasteiger partial charge in [0.05, 0.1) is 41.2 Å². The van der Waals surface area contributed by atoms with Gasteiger partial charge in [-0.2, -0.15) is 5.26 Å². The van der Waals surface area contributed by atoms with Crippen molar-refractivity contribution in [1.29, 1.82) is 5.26 Å². The maximum atomic E-state index is 13.1. The average Bonchev–Trinajstić information content (AvgIpc) is 2.91. The molecule has 0 fully saturated rings. The number of nitriles is 1. The lowest BCUT2D eigenvalue weighted by Crippen LogP contribution is -2.44. The monoisotopic (exact) mass is 539 g/mol. The highest BCUT2D eigenvalue weighted by Crippen LogP contribution is 2.42. The van der Waals surface area contributed by atoms with E-state index in [9.17, 15) is 19.6 Å². The van der Waals surface area contributed by atoms with Crippen molar-refractivity contribution in [3.63, 3.8) is 0 Å². The number of nitrogens with zero attached hydrogens (tertiary/aromatic N) is 2. The van der Waals surface area contributed by atoms with Crippen molar-refractivity contribution in [2.24, 2.45) is 5.92 Å². The number of hydrogen-bond acceptors (Lipinski definition) is 7. The summed E-state index contributed by atoms with van der Waals surface area (Å²) in [5.41, 5.74) is 3.01. The molecule has 4 rings (SSSR count). The van der Waals surface area contributed by atoms with E-state index in [-0.39, 0.29) is 22.3 Å². The molecule has 8 nitrogen and oxygen atoms in total. The Bertz CT molecular complexity index is 1310. The molecule has 10 heteroatoms. The van der Waals surface area contributed by atoms with E-state index in [1.807, 2.05) is 25.1 Å². The molecule has 0 radical (unpaired) electrons. The number of benzene rings is 2. The highest BCUT2D eigenvalue weighted by Gasteiger charge is 2.44. The number of halogens is 1. The van der Waals surface area contributed by atoms with Crippen LogP contribution in [-0.4, -0.2) is 48.7 Å². The van der Waals surface area contributed by atoms with Crippen LogP contribution < -0.4 is 10.1 Å². The second-order valence-electron chi connectivity index (χ2n) is 8.57.